The van der Waals surface area contributed by atoms with Gasteiger partial charge in [0.1, 0.15) is 0 Å². The molecule has 2 aromatic rings. The summed E-state index contributed by atoms with van der Waals surface area (Å²) in [5, 5.41) is 3.48. The van der Waals surface area contributed by atoms with Crippen LogP contribution in [0.25, 0.3) is 0 Å². The third-order valence-corrected chi connectivity index (χ3v) is 5.85. The highest BCUT2D eigenvalue weighted by Gasteiger charge is 2.21. The normalized spacial score (nSPS) is 11.4. The van der Waals surface area contributed by atoms with Crippen molar-refractivity contribution >= 4 is 50.7 Å². The van der Waals surface area contributed by atoms with E-state index in [1.807, 2.05) is 0 Å². The first-order valence-corrected chi connectivity index (χ1v) is 9.31. The van der Waals surface area contributed by atoms with Crippen LogP contribution in [0.15, 0.2) is 42.5 Å². The number of hydrogen-bond donors (Lipinski definition) is 1. The summed E-state index contributed by atoms with van der Waals surface area (Å²) >= 11 is 11.9. The molecule has 9 heteroatoms. The number of benzene rings is 2. The van der Waals surface area contributed by atoms with E-state index in [0.717, 1.165) is 8.61 Å². The molecular formula is C16H17Cl2N3O3S. The van der Waals surface area contributed by atoms with Crippen molar-refractivity contribution in [2.24, 2.45) is 0 Å². The summed E-state index contributed by atoms with van der Waals surface area (Å²) in [7, 11) is 0.753. The Labute approximate surface area is 157 Å². The predicted octanol–water partition coefficient (Wildman–Crippen LogP) is 3.49. The van der Waals surface area contributed by atoms with Crippen LogP contribution in [0.1, 0.15) is 10.4 Å². The van der Waals surface area contributed by atoms with Gasteiger partial charge in [-0.05, 0) is 42.5 Å². The summed E-state index contributed by atoms with van der Waals surface area (Å²) in [6, 6.07) is 10.9. The Morgan fingerprint density at radius 3 is 2.12 bits per heavy atom. The molecule has 6 nitrogen and oxygen atoms in total. The van der Waals surface area contributed by atoms with Gasteiger partial charge >= 0.3 is 10.2 Å². The third-order valence-electron chi connectivity index (χ3n) is 3.48. The molecular weight excluding hydrogens is 385 g/mol. The lowest BCUT2D eigenvalue weighted by atomic mass is 10.2. The molecule has 2 rings (SSSR count). The number of carbonyl (C=O) groups excluding carboxylic acids is 1. The second-order valence-corrected chi connectivity index (χ2v) is 8.40. The fraction of sp³-hybridized carbons (Fsp3) is 0.188. The van der Waals surface area contributed by atoms with Crippen molar-refractivity contribution in [2.75, 3.05) is 30.8 Å². The fourth-order valence-electron chi connectivity index (χ4n) is 1.99. The Kier molecular flexibility index (Phi) is 5.95. The molecule has 134 valence electrons. The molecule has 0 unspecified atom stereocenters. The summed E-state index contributed by atoms with van der Waals surface area (Å²) in [5.41, 5.74) is 1.24. The molecule has 0 aliphatic carbocycles. The van der Waals surface area contributed by atoms with Gasteiger partial charge in [0.15, 0.2) is 0 Å². The molecule has 0 radical (unpaired) electrons. The lowest BCUT2D eigenvalue weighted by molar-refractivity contribution is 0.102. The largest absolute Gasteiger partial charge is 0.321 e. The first-order chi connectivity index (χ1) is 11.6. The molecule has 0 atom stereocenters. The Balaban J connectivity index is 2.18. The Hall–Kier alpha value is -1.80. The second-order valence-electron chi connectivity index (χ2n) is 5.38. The zero-order valence-electron chi connectivity index (χ0n) is 13.8. The summed E-state index contributed by atoms with van der Waals surface area (Å²) in [4.78, 5) is 12.3. The zero-order valence-corrected chi connectivity index (χ0v) is 16.2. The maximum atomic E-state index is 12.3. The van der Waals surface area contributed by atoms with Crippen molar-refractivity contribution in [3.63, 3.8) is 0 Å². The van der Waals surface area contributed by atoms with Crippen molar-refractivity contribution in [3.8, 4) is 0 Å². The van der Waals surface area contributed by atoms with E-state index in [1.54, 1.807) is 24.3 Å². The summed E-state index contributed by atoms with van der Waals surface area (Å²) in [5.74, 6) is -0.367. The number of nitrogens with zero attached hydrogens (tertiary/aromatic N) is 2. The van der Waals surface area contributed by atoms with E-state index >= 15 is 0 Å². The van der Waals surface area contributed by atoms with Crippen molar-refractivity contribution in [1.29, 1.82) is 0 Å². The van der Waals surface area contributed by atoms with Crippen LogP contribution in [0.3, 0.4) is 0 Å². The van der Waals surface area contributed by atoms with Gasteiger partial charge in [0.25, 0.3) is 5.91 Å². The number of halogens is 2. The molecule has 0 aromatic heterocycles. The average Bonchev–Trinajstić information content (AvgIpc) is 2.56. The number of hydrogen-bond acceptors (Lipinski definition) is 3. The molecule has 25 heavy (non-hydrogen) atoms. The quantitative estimate of drug-likeness (QED) is 0.833. The SMILES string of the molecule is CN(C)S(=O)(=O)N(C)c1ccc(C(=O)Nc2ccc(Cl)cc2Cl)cc1. The fourth-order valence-corrected chi connectivity index (χ4v) is 3.32. The van der Waals surface area contributed by atoms with E-state index < -0.39 is 10.2 Å². The van der Waals surface area contributed by atoms with E-state index in [9.17, 15) is 13.2 Å². The summed E-state index contributed by atoms with van der Waals surface area (Å²) in [6.07, 6.45) is 0. The number of anilines is 2. The van der Waals surface area contributed by atoms with Gasteiger partial charge in [-0.15, -0.1) is 0 Å². The van der Waals surface area contributed by atoms with Crippen LogP contribution in [-0.2, 0) is 10.2 Å². The highest BCUT2D eigenvalue weighted by molar-refractivity contribution is 7.90. The van der Waals surface area contributed by atoms with Crippen molar-refractivity contribution in [2.45, 2.75) is 0 Å². The Bertz CT molecular complexity index is 884. The van der Waals surface area contributed by atoms with E-state index in [2.05, 4.69) is 5.32 Å². The smallest absolute Gasteiger partial charge is 0.303 e. The lowest BCUT2D eigenvalue weighted by Crippen LogP contribution is -2.37. The van der Waals surface area contributed by atoms with Gasteiger partial charge in [-0.1, -0.05) is 23.2 Å². The number of amides is 1. The molecule has 0 saturated heterocycles. The van der Waals surface area contributed by atoms with Gasteiger partial charge in [-0.25, -0.2) is 0 Å². The van der Waals surface area contributed by atoms with Gasteiger partial charge < -0.3 is 5.32 Å². The highest BCUT2D eigenvalue weighted by Crippen LogP contribution is 2.26. The first kappa shape index (κ1) is 19.5. The predicted molar refractivity (Wildman–Crippen MR) is 102 cm³/mol. The van der Waals surface area contributed by atoms with Gasteiger partial charge in [0, 0.05) is 31.7 Å². The average molecular weight is 402 g/mol. The number of nitrogens with one attached hydrogen (secondary N) is 1. The molecule has 0 aliphatic heterocycles. The molecule has 0 saturated carbocycles. The van der Waals surface area contributed by atoms with Crippen molar-refractivity contribution in [3.05, 3.63) is 58.1 Å². The van der Waals surface area contributed by atoms with Crippen LogP contribution < -0.4 is 9.62 Å². The maximum absolute atomic E-state index is 12.3. The highest BCUT2D eigenvalue weighted by atomic mass is 35.5. The number of rotatable bonds is 5. The van der Waals surface area contributed by atoms with Gasteiger partial charge in [-0.2, -0.15) is 12.7 Å². The van der Waals surface area contributed by atoms with Gasteiger partial charge in [0.2, 0.25) is 0 Å². The van der Waals surface area contributed by atoms with Crippen LogP contribution in [0.5, 0.6) is 0 Å². The minimum atomic E-state index is -3.59. The maximum Gasteiger partial charge on any atom is 0.303 e. The molecule has 1 N–H and O–H groups in total. The Morgan fingerprint density at radius 1 is 1.00 bits per heavy atom. The minimum Gasteiger partial charge on any atom is -0.321 e. The summed E-state index contributed by atoms with van der Waals surface area (Å²) < 4.78 is 26.4. The van der Waals surface area contributed by atoms with E-state index in [-0.39, 0.29) is 5.91 Å². The third kappa shape index (κ3) is 4.43. The molecule has 1 amide bonds. The standard InChI is InChI=1S/C16H17Cl2N3O3S/c1-20(2)25(23,24)21(3)13-7-4-11(5-8-13)16(22)19-15-9-6-12(17)10-14(15)18/h4-10H,1-3H3,(H,19,22). The first-order valence-electron chi connectivity index (χ1n) is 7.16. The molecule has 0 aliphatic rings. The van der Waals surface area contributed by atoms with Crippen LogP contribution in [-0.4, -0.2) is 39.8 Å². The monoisotopic (exact) mass is 401 g/mol. The van der Waals surface area contributed by atoms with E-state index in [1.165, 1.54) is 39.3 Å². The lowest BCUT2D eigenvalue weighted by Gasteiger charge is -2.23. The van der Waals surface area contributed by atoms with Crippen LogP contribution >= 0.6 is 23.2 Å². The van der Waals surface area contributed by atoms with Crippen molar-refractivity contribution < 1.29 is 13.2 Å². The molecule has 0 heterocycles. The molecule has 0 bridgehead atoms. The van der Waals surface area contributed by atoms with Crippen molar-refractivity contribution in [1.82, 2.24) is 4.31 Å². The number of carbonyl (C=O) groups is 1. The minimum absolute atomic E-state index is 0.328. The van der Waals surface area contributed by atoms with Crippen LogP contribution in [0.4, 0.5) is 11.4 Å². The molecule has 0 spiro atoms. The van der Waals surface area contributed by atoms with Gasteiger partial charge in [0.05, 0.1) is 16.4 Å². The zero-order chi connectivity index (χ0) is 18.8. The van der Waals surface area contributed by atoms with Crippen LogP contribution in [0, 0.1) is 0 Å². The second kappa shape index (κ2) is 7.61. The summed E-state index contributed by atoms with van der Waals surface area (Å²) in [6.45, 7) is 0. The van der Waals surface area contributed by atoms with E-state index in [4.69, 9.17) is 23.2 Å². The van der Waals surface area contributed by atoms with Gasteiger partial charge in [-0.3, -0.25) is 9.10 Å². The van der Waals surface area contributed by atoms with Crippen LogP contribution in [0.2, 0.25) is 10.0 Å². The molecule has 2 aromatic carbocycles. The van der Waals surface area contributed by atoms with E-state index in [0.29, 0.717) is 27.0 Å². The molecule has 0 fully saturated rings. The Morgan fingerprint density at radius 2 is 1.60 bits per heavy atom. The topological polar surface area (TPSA) is 69.7 Å².